The first kappa shape index (κ1) is 23.4. The highest BCUT2D eigenvalue weighted by atomic mass is 32.2. The second-order valence-corrected chi connectivity index (χ2v) is 11.7. The van der Waals surface area contributed by atoms with Crippen molar-refractivity contribution >= 4 is 25.8 Å². The Labute approximate surface area is 184 Å². The van der Waals surface area contributed by atoms with Crippen molar-refractivity contribution in [2.24, 2.45) is 0 Å². The first-order valence-electron chi connectivity index (χ1n) is 10.3. The van der Waals surface area contributed by atoms with Crippen molar-refractivity contribution in [2.75, 3.05) is 18.8 Å². The Morgan fingerprint density at radius 3 is 2.45 bits per heavy atom. The molecule has 3 rings (SSSR count). The molecule has 0 radical (unpaired) electrons. The number of benzene rings is 2. The van der Waals surface area contributed by atoms with Crippen LogP contribution >= 0.6 is 0 Å². The standard InChI is InChI=1S/C22H28N2O5S2/c1-16-6-7-17(2)21(14-16)31(28,29)24-12-11-23-22(25)10-13-30(26,27)20-9-8-18-4-3-5-19(18)15-20/h6-9,14-15,24H,3-5,10-13H2,1-2H3,(H,23,25). The third-order valence-corrected chi connectivity index (χ3v) is 8.72. The highest BCUT2D eigenvalue weighted by Crippen LogP contribution is 2.25. The summed E-state index contributed by atoms with van der Waals surface area (Å²) >= 11 is 0. The van der Waals surface area contributed by atoms with Gasteiger partial charge >= 0.3 is 0 Å². The molecule has 0 heterocycles. The molecule has 168 valence electrons. The molecule has 1 aliphatic carbocycles. The average molecular weight is 465 g/mol. The third kappa shape index (κ3) is 5.93. The van der Waals surface area contributed by atoms with Crippen LogP contribution in [0.4, 0.5) is 0 Å². The van der Waals surface area contributed by atoms with Gasteiger partial charge in [0.25, 0.3) is 0 Å². The second kappa shape index (κ2) is 9.50. The molecule has 0 unspecified atom stereocenters. The molecule has 0 spiro atoms. The summed E-state index contributed by atoms with van der Waals surface area (Å²) in [7, 11) is -7.23. The van der Waals surface area contributed by atoms with E-state index in [-0.39, 0.29) is 35.1 Å². The third-order valence-electron chi connectivity index (χ3n) is 5.40. The van der Waals surface area contributed by atoms with Crippen LogP contribution in [0.2, 0.25) is 0 Å². The van der Waals surface area contributed by atoms with E-state index >= 15 is 0 Å². The molecule has 0 aromatic heterocycles. The summed E-state index contributed by atoms with van der Waals surface area (Å²) in [6.45, 7) is 3.62. The molecule has 9 heteroatoms. The van der Waals surface area contributed by atoms with Crippen molar-refractivity contribution in [2.45, 2.75) is 49.3 Å². The van der Waals surface area contributed by atoms with Gasteiger partial charge in [0, 0.05) is 19.5 Å². The van der Waals surface area contributed by atoms with Gasteiger partial charge in [-0.2, -0.15) is 0 Å². The zero-order valence-electron chi connectivity index (χ0n) is 17.8. The predicted molar refractivity (Wildman–Crippen MR) is 119 cm³/mol. The van der Waals surface area contributed by atoms with E-state index in [0.29, 0.717) is 5.56 Å². The van der Waals surface area contributed by atoms with Crippen molar-refractivity contribution in [3.05, 3.63) is 58.7 Å². The lowest BCUT2D eigenvalue weighted by atomic mass is 10.1. The van der Waals surface area contributed by atoms with E-state index in [4.69, 9.17) is 0 Å². The highest BCUT2D eigenvalue weighted by molar-refractivity contribution is 7.91. The summed E-state index contributed by atoms with van der Waals surface area (Å²) in [5.41, 5.74) is 3.74. The molecule has 0 aliphatic heterocycles. The minimum atomic E-state index is -3.69. The summed E-state index contributed by atoms with van der Waals surface area (Å²) in [5, 5.41) is 2.57. The van der Waals surface area contributed by atoms with Crippen molar-refractivity contribution in [1.29, 1.82) is 0 Å². The molecule has 2 N–H and O–H groups in total. The molecule has 0 atom stereocenters. The topological polar surface area (TPSA) is 109 Å². The van der Waals surface area contributed by atoms with Crippen LogP contribution in [-0.4, -0.2) is 41.6 Å². The normalized spacial score (nSPS) is 13.7. The highest BCUT2D eigenvalue weighted by Gasteiger charge is 2.20. The first-order valence-corrected chi connectivity index (χ1v) is 13.4. The van der Waals surface area contributed by atoms with E-state index < -0.39 is 25.8 Å². The van der Waals surface area contributed by atoms with Gasteiger partial charge in [0.2, 0.25) is 15.9 Å². The molecule has 1 aliphatic rings. The largest absolute Gasteiger partial charge is 0.355 e. The van der Waals surface area contributed by atoms with Crippen LogP contribution in [0.5, 0.6) is 0 Å². The molecule has 0 saturated heterocycles. The lowest BCUT2D eigenvalue weighted by Gasteiger charge is -2.11. The fraction of sp³-hybridized carbons (Fsp3) is 0.409. The van der Waals surface area contributed by atoms with E-state index in [9.17, 15) is 21.6 Å². The zero-order valence-corrected chi connectivity index (χ0v) is 19.4. The van der Waals surface area contributed by atoms with Crippen LogP contribution in [-0.2, 0) is 37.5 Å². The Morgan fingerprint density at radius 2 is 1.68 bits per heavy atom. The van der Waals surface area contributed by atoms with Gasteiger partial charge < -0.3 is 5.32 Å². The van der Waals surface area contributed by atoms with Crippen LogP contribution in [0.3, 0.4) is 0 Å². The lowest BCUT2D eigenvalue weighted by Crippen LogP contribution is -2.35. The molecule has 0 saturated carbocycles. The number of hydrogen-bond donors (Lipinski definition) is 2. The number of sulfone groups is 1. The zero-order chi connectivity index (χ0) is 22.6. The van der Waals surface area contributed by atoms with E-state index in [1.165, 1.54) is 5.56 Å². The summed E-state index contributed by atoms with van der Waals surface area (Å²) in [4.78, 5) is 12.5. The van der Waals surface area contributed by atoms with Gasteiger partial charge in [0.15, 0.2) is 9.84 Å². The van der Waals surface area contributed by atoms with Gasteiger partial charge in [-0.25, -0.2) is 21.6 Å². The molecule has 0 bridgehead atoms. The summed E-state index contributed by atoms with van der Waals surface area (Å²) in [6, 6.07) is 10.4. The number of aryl methyl sites for hydroxylation is 4. The first-order chi connectivity index (χ1) is 14.6. The fourth-order valence-electron chi connectivity index (χ4n) is 3.64. The van der Waals surface area contributed by atoms with E-state index in [1.54, 1.807) is 31.2 Å². The van der Waals surface area contributed by atoms with Gasteiger partial charge in [-0.3, -0.25) is 4.79 Å². The van der Waals surface area contributed by atoms with Crippen molar-refractivity contribution in [3.63, 3.8) is 0 Å². The number of carbonyl (C=O) groups excluding carboxylic acids is 1. The number of carbonyl (C=O) groups is 1. The van der Waals surface area contributed by atoms with Crippen molar-refractivity contribution < 1.29 is 21.6 Å². The van der Waals surface area contributed by atoms with Gasteiger partial charge in [-0.1, -0.05) is 18.2 Å². The maximum Gasteiger partial charge on any atom is 0.240 e. The maximum absolute atomic E-state index is 12.5. The Bertz CT molecular complexity index is 1190. The van der Waals surface area contributed by atoms with Gasteiger partial charge in [-0.05, 0) is 73.6 Å². The fourth-order valence-corrected chi connectivity index (χ4v) is 6.28. The quantitative estimate of drug-likeness (QED) is 0.552. The van der Waals surface area contributed by atoms with E-state index in [1.807, 2.05) is 19.1 Å². The van der Waals surface area contributed by atoms with Gasteiger partial charge in [-0.15, -0.1) is 0 Å². The second-order valence-electron chi connectivity index (χ2n) is 7.87. The molecular formula is C22H28N2O5S2. The van der Waals surface area contributed by atoms with Crippen LogP contribution in [0, 0.1) is 13.8 Å². The average Bonchev–Trinajstić information content (AvgIpc) is 3.19. The number of sulfonamides is 1. The summed E-state index contributed by atoms with van der Waals surface area (Å²) in [5.74, 6) is -0.720. The summed E-state index contributed by atoms with van der Waals surface area (Å²) < 4.78 is 52.4. The number of rotatable bonds is 9. The number of hydrogen-bond acceptors (Lipinski definition) is 5. The lowest BCUT2D eigenvalue weighted by molar-refractivity contribution is -0.120. The van der Waals surface area contributed by atoms with Crippen LogP contribution < -0.4 is 10.0 Å². The van der Waals surface area contributed by atoms with Gasteiger partial charge in [0.05, 0.1) is 15.5 Å². The Kier molecular flexibility index (Phi) is 7.18. The van der Waals surface area contributed by atoms with E-state index in [2.05, 4.69) is 10.0 Å². The van der Waals surface area contributed by atoms with E-state index in [0.717, 1.165) is 30.4 Å². The maximum atomic E-state index is 12.5. The minimum Gasteiger partial charge on any atom is -0.355 e. The van der Waals surface area contributed by atoms with Crippen molar-refractivity contribution in [1.82, 2.24) is 10.0 Å². The molecule has 31 heavy (non-hydrogen) atoms. The molecule has 0 fully saturated rings. The van der Waals surface area contributed by atoms with Crippen LogP contribution in [0.25, 0.3) is 0 Å². The van der Waals surface area contributed by atoms with Crippen LogP contribution in [0.1, 0.15) is 35.1 Å². The predicted octanol–water partition coefficient (Wildman–Crippen LogP) is 2.05. The Balaban J connectivity index is 1.46. The molecule has 7 nitrogen and oxygen atoms in total. The number of fused-ring (bicyclic) bond motifs is 1. The molecule has 2 aromatic carbocycles. The number of amides is 1. The van der Waals surface area contributed by atoms with Crippen molar-refractivity contribution in [3.8, 4) is 0 Å². The number of nitrogens with one attached hydrogen (secondary N) is 2. The molecule has 1 amide bonds. The minimum absolute atomic E-state index is 0.0129. The smallest absolute Gasteiger partial charge is 0.240 e. The molecule has 2 aromatic rings. The molecular weight excluding hydrogens is 436 g/mol. The van der Waals surface area contributed by atoms with Crippen LogP contribution in [0.15, 0.2) is 46.2 Å². The monoisotopic (exact) mass is 464 g/mol. The van der Waals surface area contributed by atoms with Gasteiger partial charge in [0.1, 0.15) is 0 Å². The Hall–Kier alpha value is -2.23. The SMILES string of the molecule is Cc1ccc(C)c(S(=O)(=O)NCCNC(=O)CCS(=O)(=O)c2ccc3c(c2)CCC3)c1. The summed E-state index contributed by atoms with van der Waals surface area (Å²) in [6.07, 6.45) is 2.72. The Morgan fingerprint density at radius 1 is 0.935 bits per heavy atom.